The minimum absolute atomic E-state index is 0. The minimum atomic E-state index is -0.495. The predicted octanol–water partition coefficient (Wildman–Crippen LogP) is 11.0. The molecular formula is C41H28NO2PtS2-. The van der Waals surface area contributed by atoms with E-state index in [-0.39, 0.29) is 32.6 Å². The topological polar surface area (TPSA) is 50.2 Å². The van der Waals surface area contributed by atoms with Crippen LogP contribution >= 0.6 is 22.7 Å². The molecule has 0 saturated heterocycles. The predicted molar refractivity (Wildman–Crippen MR) is 193 cm³/mol. The fourth-order valence-corrected chi connectivity index (χ4v) is 9.17. The number of hydrogen-bond donors (Lipinski definition) is 1. The number of pyridine rings is 1. The van der Waals surface area contributed by atoms with Crippen LogP contribution in [0.5, 0.6) is 0 Å². The van der Waals surface area contributed by atoms with E-state index < -0.39 is 5.41 Å². The number of aliphatic hydroxyl groups excluding tert-OH is 1. The Morgan fingerprint density at radius 1 is 0.702 bits per heavy atom. The standard InChI is InChI=1S/C36H20NS2.C5H8O2.Pt/c1-4-11-29-26(10-1)35-30(12-7-19-37-35)36(29,22-15-17-33-27(20-22)24-8-2-5-13-31(24)38-33)23-16-18-34-28(21-23)25-9-3-6-14-32(25)39-34;1-4(6)3-5(2)7;/h1-9,11-21H;3,6H,1-2H3;/q-1;;/b;4-3-;. The van der Waals surface area contributed by atoms with Crippen molar-refractivity contribution in [3.63, 3.8) is 0 Å². The van der Waals surface area contributed by atoms with Crippen LogP contribution in [-0.4, -0.2) is 15.9 Å². The second-order valence-electron chi connectivity index (χ2n) is 11.6. The van der Waals surface area contributed by atoms with Gasteiger partial charge in [0.25, 0.3) is 0 Å². The zero-order valence-electron chi connectivity index (χ0n) is 25.6. The van der Waals surface area contributed by atoms with Gasteiger partial charge in [-0.3, -0.25) is 4.79 Å². The van der Waals surface area contributed by atoms with Gasteiger partial charge in [0.2, 0.25) is 0 Å². The molecule has 0 radical (unpaired) electrons. The van der Waals surface area contributed by atoms with Gasteiger partial charge < -0.3 is 10.1 Å². The van der Waals surface area contributed by atoms with Crippen molar-refractivity contribution in [3.8, 4) is 11.3 Å². The summed E-state index contributed by atoms with van der Waals surface area (Å²) in [5.74, 6) is -0.0625. The molecule has 0 unspecified atom stereocenters. The molecule has 0 fully saturated rings. The number of benzene rings is 5. The van der Waals surface area contributed by atoms with Crippen LogP contribution in [0.25, 0.3) is 51.6 Å². The molecule has 3 heterocycles. The number of nitrogens with zero attached hydrogens (tertiary/aromatic N) is 1. The monoisotopic (exact) mass is 825 g/mol. The fraction of sp³-hybridized carbons (Fsp3) is 0.0732. The maximum Gasteiger partial charge on any atom is 0.155 e. The van der Waals surface area contributed by atoms with E-state index in [2.05, 4.69) is 115 Å². The zero-order valence-corrected chi connectivity index (χ0v) is 29.5. The Balaban J connectivity index is 0.000000399. The van der Waals surface area contributed by atoms with Crippen molar-refractivity contribution >= 4 is 68.8 Å². The number of aliphatic hydroxyl groups is 1. The Morgan fingerprint density at radius 2 is 1.26 bits per heavy atom. The molecule has 1 aliphatic carbocycles. The zero-order chi connectivity index (χ0) is 31.4. The molecule has 9 rings (SSSR count). The third kappa shape index (κ3) is 5.05. The van der Waals surface area contributed by atoms with Crippen molar-refractivity contribution in [2.24, 2.45) is 0 Å². The number of fused-ring (bicyclic) bond motifs is 9. The van der Waals surface area contributed by atoms with Crippen LogP contribution in [0.4, 0.5) is 0 Å². The molecule has 1 N–H and O–H groups in total. The van der Waals surface area contributed by atoms with Crippen molar-refractivity contribution in [3.05, 3.63) is 162 Å². The summed E-state index contributed by atoms with van der Waals surface area (Å²) in [5.41, 5.74) is 6.63. The first kappa shape index (κ1) is 31.2. The van der Waals surface area contributed by atoms with Gasteiger partial charge in [-0.2, -0.15) is 0 Å². The smallest absolute Gasteiger partial charge is 0.155 e. The Kier molecular flexibility index (Phi) is 8.18. The largest absolute Gasteiger partial charge is 0.512 e. The summed E-state index contributed by atoms with van der Waals surface area (Å²) in [5, 5.41) is 13.6. The second-order valence-corrected chi connectivity index (χ2v) is 13.8. The van der Waals surface area contributed by atoms with Crippen molar-refractivity contribution in [1.29, 1.82) is 0 Å². The van der Waals surface area contributed by atoms with Gasteiger partial charge in [0.05, 0.1) is 5.76 Å². The van der Waals surface area contributed by atoms with Crippen LogP contribution < -0.4 is 0 Å². The van der Waals surface area contributed by atoms with Crippen molar-refractivity contribution in [1.82, 2.24) is 4.98 Å². The third-order valence-electron chi connectivity index (χ3n) is 8.74. The van der Waals surface area contributed by atoms with Gasteiger partial charge in [-0.15, -0.1) is 58.1 Å². The van der Waals surface area contributed by atoms with Crippen molar-refractivity contribution in [2.75, 3.05) is 0 Å². The Morgan fingerprint density at radius 3 is 1.81 bits per heavy atom. The number of aromatic nitrogens is 1. The molecule has 0 saturated carbocycles. The van der Waals surface area contributed by atoms with Crippen LogP contribution in [-0.2, 0) is 31.3 Å². The minimum Gasteiger partial charge on any atom is -0.512 e. The van der Waals surface area contributed by atoms with E-state index in [9.17, 15) is 4.79 Å². The summed E-state index contributed by atoms with van der Waals surface area (Å²) in [6.45, 7) is 2.85. The number of thiophene rings is 2. The first-order valence-electron chi connectivity index (χ1n) is 15.1. The van der Waals surface area contributed by atoms with Crippen LogP contribution in [0.2, 0.25) is 0 Å². The molecule has 3 aromatic heterocycles. The van der Waals surface area contributed by atoms with Crippen molar-refractivity contribution < 1.29 is 31.0 Å². The molecule has 8 aromatic rings. The SMILES string of the molecule is CC(=O)/C=C(/C)O.[Pt].[c-]1cccc2c1-c1ncccc1C2(c1ccc2sc3ccccc3c2c1)c1ccc2sc3ccccc3c2c1. The first-order valence-corrected chi connectivity index (χ1v) is 16.8. The Hall–Kier alpha value is -4.41. The van der Waals surface area contributed by atoms with Gasteiger partial charge in [0.1, 0.15) is 0 Å². The molecule has 1 aliphatic rings. The van der Waals surface area contributed by atoms with Gasteiger partial charge in [-0.1, -0.05) is 60.2 Å². The molecule has 47 heavy (non-hydrogen) atoms. The summed E-state index contributed by atoms with van der Waals surface area (Å²) in [6.07, 6.45) is 3.07. The Labute approximate surface area is 295 Å². The molecule has 5 aromatic carbocycles. The number of carbonyl (C=O) groups is 1. The molecular weight excluding hydrogens is 798 g/mol. The molecule has 232 valence electrons. The summed E-state index contributed by atoms with van der Waals surface area (Å²) in [7, 11) is 0. The molecule has 0 atom stereocenters. The molecule has 3 nitrogen and oxygen atoms in total. The summed E-state index contributed by atoms with van der Waals surface area (Å²) in [6, 6.07) is 46.0. The summed E-state index contributed by atoms with van der Waals surface area (Å²) >= 11 is 3.73. The molecule has 0 aliphatic heterocycles. The molecule has 6 heteroatoms. The van der Waals surface area contributed by atoms with Crippen LogP contribution in [0.1, 0.15) is 36.1 Å². The molecule has 0 spiro atoms. The quantitative estimate of drug-likeness (QED) is 0.110. The van der Waals surface area contributed by atoms with Crippen LogP contribution in [0, 0.1) is 6.07 Å². The first-order chi connectivity index (χ1) is 22.4. The normalized spacial score (nSPS) is 13.2. The summed E-state index contributed by atoms with van der Waals surface area (Å²) < 4.78 is 5.29. The Bertz CT molecular complexity index is 2340. The fourth-order valence-electron chi connectivity index (χ4n) is 7.00. The van der Waals surface area contributed by atoms with Crippen molar-refractivity contribution in [2.45, 2.75) is 19.3 Å². The average Bonchev–Trinajstić information content (AvgIpc) is 3.72. The van der Waals surface area contributed by atoms with E-state index in [1.807, 2.05) is 34.9 Å². The maximum atomic E-state index is 10.0. The summed E-state index contributed by atoms with van der Waals surface area (Å²) in [4.78, 5) is 14.9. The van der Waals surface area contributed by atoms with Gasteiger partial charge in [0.15, 0.2) is 5.78 Å². The van der Waals surface area contributed by atoms with E-state index in [4.69, 9.17) is 10.1 Å². The van der Waals surface area contributed by atoms with Gasteiger partial charge >= 0.3 is 0 Å². The number of ketones is 1. The number of allylic oxidation sites excluding steroid dienone is 2. The molecule has 0 amide bonds. The second kappa shape index (κ2) is 12.3. The van der Waals surface area contributed by atoms with Gasteiger partial charge in [0, 0.05) is 79.1 Å². The van der Waals surface area contributed by atoms with Crippen LogP contribution in [0.15, 0.2) is 133 Å². The van der Waals surface area contributed by atoms with E-state index in [0.29, 0.717) is 0 Å². The van der Waals surface area contributed by atoms with Gasteiger partial charge in [-0.05, 0) is 73.1 Å². The molecule has 0 bridgehead atoms. The average molecular weight is 826 g/mol. The van der Waals surface area contributed by atoms with E-state index in [0.717, 1.165) is 11.3 Å². The number of rotatable bonds is 3. The number of hydrogen-bond acceptors (Lipinski definition) is 5. The van der Waals surface area contributed by atoms with Gasteiger partial charge in [-0.25, -0.2) is 0 Å². The van der Waals surface area contributed by atoms with E-state index in [1.54, 1.807) is 0 Å². The van der Waals surface area contributed by atoms with Crippen LogP contribution in [0.3, 0.4) is 0 Å². The third-order valence-corrected chi connectivity index (χ3v) is 11.0. The van der Waals surface area contributed by atoms with E-state index in [1.165, 1.54) is 82.5 Å². The maximum absolute atomic E-state index is 10.0. The number of carbonyl (C=O) groups excluding carboxylic acids is 1. The van der Waals surface area contributed by atoms with E-state index >= 15 is 0 Å².